The van der Waals surface area contributed by atoms with Crippen LogP contribution in [0.15, 0.2) is 18.2 Å². The van der Waals surface area contributed by atoms with Crippen molar-refractivity contribution in [2.75, 3.05) is 5.32 Å². The van der Waals surface area contributed by atoms with Crippen molar-refractivity contribution in [2.45, 2.75) is 44.2 Å². The Bertz CT molecular complexity index is 481. The van der Waals surface area contributed by atoms with Crippen molar-refractivity contribution in [2.24, 2.45) is 0 Å². The highest BCUT2D eigenvalue weighted by atomic mass is 35.5. The molecule has 19 heavy (non-hydrogen) atoms. The molecule has 0 spiro atoms. The topological polar surface area (TPSA) is 75.4 Å². The normalized spacial score (nSPS) is 27.0. The van der Waals surface area contributed by atoms with Gasteiger partial charge < -0.3 is 10.4 Å². The van der Waals surface area contributed by atoms with Gasteiger partial charge in [-0.3, -0.25) is 10.1 Å². The van der Waals surface area contributed by atoms with Crippen molar-refractivity contribution in [1.29, 1.82) is 0 Å². The molecule has 1 aromatic carbocycles. The zero-order chi connectivity index (χ0) is 14.0. The molecule has 2 N–H and O–H groups in total. The summed E-state index contributed by atoms with van der Waals surface area (Å²) in [6.07, 6.45) is 3.00. The van der Waals surface area contributed by atoms with Crippen LogP contribution in [0.5, 0.6) is 0 Å². The second kappa shape index (κ2) is 5.35. The van der Waals surface area contributed by atoms with Crippen LogP contribution in [0.2, 0.25) is 5.02 Å². The molecule has 0 radical (unpaired) electrons. The number of benzene rings is 1. The second-order valence-electron chi connectivity index (χ2n) is 5.33. The third kappa shape index (κ3) is 3.58. The second-order valence-corrected chi connectivity index (χ2v) is 5.77. The summed E-state index contributed by atoms with van der Waals surface area (Å²) < 4.78 is 0. The number of halogens is 1. The molecule has 1 fully saturated rings. The van der Waals surface area contributed by atoms with Crippen LogP contribution in [0.3, 0.4) is 0 Å². The van der Waals surface area contributed by atoms with E-state index in [0.717, 1.165) is 12.8 Å². The molecular formula is C13H17ClN2O3. The van der Waals surface area contributed by atoms with E-state index in [0.29, 0.717) is 23.6 Å². The van der Waals surface area contributed by atoms with Crippen molar-refractivity contribution < 1.29 is 10.0 Å². The van der Waals surface area contributed by atoms with Gasteiger partial charge in [0.2, 0.25) is 0 Å². The Kier molecular flexibility index (Phi) is 3.96. The third-order valence-electron chi connectivity index (χ3n) is 3.58. The molecule has 0 saturated heterocycles. The summed E-state index contributed by atoms with van der Waals surface area (Å²) in [5, 5.41) is 24.4. The number of hydrogen-bond acceptors (Lipinski definition) is 4. The van der Waals surface area contributed by atoms with Crippen molar-refractivity contribution >= 4 is 23.0 Å². The molecule has 1 aliphatic rings. The van der Waals surface area contributed by atoms with Gasteiger partial charge in [-0.1, -0.05) is 11.6 Å². The van der Waals surface area contributed by atoms with E-state index in [-0.39, 0.29) is 11.7 Å². The van der Waals surface area contributed by atoms with Crippen LogP contribution < -0.4 is 5.32 Å². The number of nitro groups is 1. The first-order valence-electron chi connectivity index (χ1n) is 6.30. The highest BCUT2D eigenvalue weighted by Crippen LogP contribution is 2.33. The van der Waals surface area contributed by atoms with Crippen LogP contribution >= 0.6 is 11.6 Å². The van der Waals surface area contributed by atoms with Crippen LogP contribution in [0, 0.1) is 10.1 Å². The number of nitro benzene ring substituents is 1. The fraction of sp³-hybridized carbons (Fsp3) is 0.538. The Balaban J connectivity index is 2.10. The molecule has 0 heterocycles. The lowest BCUT2D eigenvalue weighted by atomic mass is 9.83. The molecule has 5 nitrogen and oxygen atoms in total. The van der Waals surface area contributed by atoms with E-state index in [9.17, 15) is 15.2 Å². The van der Waals surface area contributed by atoms with Gasteiger partial charge in [0.05, 0.1) is 10.5 Å². The Morgan fingerprint density at radius 2 is 2.11 bits per heavy atom. The minimum absolute atomic E-state index is 0.00941. The molecule has 0 bridgehead atoms. The summed E-state index contributed by atoms with van der Waals surface area (Å²) in [6, 6.07) is 4.77. The van der Waals surface area contributed by atoms with Crippen LogP contribution in [-0.2, 0) is 0 Å². The Labute approximate surface area is 116 Å². The summed E-state index contributed by atoms with van der Waals surface area (Å²) >= 11 is 5.78. The van der Waals surface area contributed by atoms with E-state index < -0.39 is 10.5 Å². The zero-order valence-corrected chi connectivity index (χ0v) is 11.5. The summed E-state index contributed by atoms with van der Waals surface area (Å²) in [5.41, 5.74) is -0.129. The van der Waals surface area contributed by atoms with Crippen LogP contribution in [-0.4, -0.2) is 21.7 Å². The van der Waals surface area contributed by atoms with Crippen molar-refractivity contribution in [3.8, 4) is 0 Å². The Hall–Kier alpha value is -1.33. The zero-order valence-electron chi connectivity index (χ0n) is 10.7. The van der Waals surface area contributed by atoms with E-state index >= 15 is 0 Å². The molecule has 1 saturated carbocycles. The van der Waals surface area contributed by atoms with Gasteiger partial charge >= 0.3 is 0 Å². The highest BCUT2D eigenvalue weighted by Gasteiger charge is 2.29. The smallest absolute Gasteiger partial charge is 0.293 e. The lowest BCUT2D eigenvalue weighted by Crippen LogP contribution is -2.35. The molecule has 1 aromatic rings. The van der Waals surface area contributed by atoms with Crippen molar-refractivity contribution in [3.63, 3.8) is 0 Å². The van der Waals surface area contributed by atoms with Gasteiger partial charge in [-0.2, -0.15) is 0 Å². The Morgan fingerprint density at radius 1 is 1.47 bits per heavy atom. The average molecular weight is 285 g/mol. The van der Waals surface area contributed by atoms with E-state index in [2.05, 4.69) is 5.32 Å². The number of rotatable bonds is 3. The van der Waals surface area contributed by atoms with Gasteiger partial charge in [0.15, 0.2) is 0 Å². The summed E-state index contributed by atoms with van der Waals surface area (Å²) in [6.45, 7) is 1.83. The number of aliphatic hydroxyl groups is 1. The first kappa shape index (κ1) is 14.1. The predicted octanol–water partition coefficient (Wildman–Crippen LogP) is 3.35. The Morgan fingerprint density at radius 3 is 2.68 bits per heavy atom. The molecule has 0 atom stereocenters. The molecule has 2 rings (SSSR count). The van der Waals surface area contributed by atoms with E-state index in [4.69, 9.17) is 11.6 Å². The SMILES string of the molecule is C[C@]1(O)CC[C@@H](Nc2ccc(Cl)cc2[N+](=O)[O-])CC1. The number of nitrogens with one attached hydrogen (secondary N) is 1. The predicted molar refractivity (Wildman–Crippen MR) is 74.6 cm³/mol. The number of anilines is 1. The monoisotopic (exact) mass is 284 g/mol. The van der Waals surface area contributed by atoms with E-state index in [1.807, 2.05) is 6.92 Å². The molecular weight excluding hydrogens is 268 g/mol. The van der Waals surface area contributed by atoms with E-state index in [1.165, 1.54) is 6.07 Å². The van der Waals surface area contributed by atoms with Crippen molar-refractivity contribution in [3.05, 3.63) is 33.3 Å². The molecule has 0 aromatic heterocycles. The fourth-order valence-corrected chi connectivity index (χ4v) is 2.55. The van der Waals surface area contributed by atoms with Gasteiger partial charge in [-0.05, 0) is 44.7 Å². The van der Waals surface area contributed by atoms with Gasteiger partial charge in [-0.15, -0.1) is 0 Å². The molecule has 0 amide bonds. The van der Waals surface area contributed by atoms with Crippen LogP contribution in [0.1, 0.15) is 32.6 Å². The largest absolute Gasteiger partial charge is 0.390 e. The lowest BCUT2D eigenvalue weighted by molar-refractivity contribution is -0.384. The molecule has 1 aliphatic carbocycles. The third-order valence-corrected chi connectivity index (χ3v) is 3.81. The van der Waals surface area contributed by atoms with Gasteiger partial charge in [-0.25, -0.2) is 0 Å². The summed E-state index contributed by atoms with van der Waals surface area (Å²) in [7, 11) is 0. The standard InChI is InChI=1S/C13H17ClN2O3/c1-13(17)6-4-10(5-7-13)15-11-3-2-9(14)8-12(11)16(18)19/h2-3,8,10,15,17H,4-7H2,1H3/t10-,13+. The van der Waals surface area contributed by atoms with Gasteiger partial charge in [0.1, 0.15) is 5.69 Å². The minimum atomic E-state index is -0.607. The van der Waals surface area contributed by atoms with Crippen LogP contribution in [0.25, 0.3) is 0 Å². The highest BCUT2D eigenvalue weighted by molar-refractivity contribution is 6.30. The number of nitrogens with zero attached hydrogens (tertiary/aromatic N) is 1. The van der Waals surface area contributed by atoms with Gasteiger partial charge in [0, 0.05) is 17.1 Å². The lowest BCUT2D eigenvalue weighted by Gasteiger charge is -2.33. The maximum absolute atomic E-state index is 11.0. The maximum Gasteiger partial charge on any atom is 0.293 e. The number of hydrogen-bond donors (Lipinski definition) is 2. The van der Waals surface area contributed by atoms with Gasteiger partial charge in [0.25, 0.3) is 5.69 Å². The summed E-state index contributed by atoms with van der Waals surface area (Å²) in [5.74, 6) is 0. The maximum atomic E-state index is 11.0. The van der Waals surface area contributed by atoms with Crippen molar-refractivity contribution in [1.82, 2.24) is 0 Å². The summed E-state index contributed by atoms with van der Waals surface area (Å²) in [4.78, 5) is 10.5. The minimum Gasteiger partial charge on any atom is -0.390 e. The molecule has 6 heteroatoms. The van der Waals surface area contributed by atoms with Crippen LogP contribution in [0.4, 0.5) is 11.4 Å². The van der Waals surface area contributed by atoms with E-state index in [1.54, 1.807) is 12.1 Å². The fourth-order valence-electron chi connectivity index (χ4n) is 2.38. The first-order chi connectivity index (χ1) is 8.87. The quantitative estimate of drug-likeness (QED) is 0.659. The molecule has 0 aliphatic heterocycles. The molecule has 0 unspecified atom stereocenters. The molecule has 104 valence electrons. The average Bonchev–Trinajstić information content (AvgIpc) is 2.33. The first-order valence-corrected chi connectivity index (χ1v) is 6.68.